The van der Waals surface area contributed by atoms with E-state index in [1.807, 2.05) is 9.80 Å². The van der Waals surface area contributed by atoms with E-state index in [4.69, 9.17) is 10.2 Å². The van der Waals surface area contributed by atoms with Gasteiger partial charge in [-0.2, -0.15) is 45.2 Å². The summed E-state index contributed by atoms with van der Waals surface area (Å²) in [6.45, 7) is 8.81. The molecule has 0 bridgehead atoms. The van der Waals surface area contributed by atoms with Crippen LogP contribution in [-0.4, -0.2) is 238 Å². The quantitative estimate of drug-likeness (QED) is 0.0659. The number of rotatable bonds is 23. The van der Waals surface area contributed by atoms with Gasteiger partial charge in [-0.3, -0.25) is 28.8 Å². The van der Waals surface area contributed by atoms with E-state index in [1.54, 1.807) is 14.3 Å². The topological polar surface area (TPSA) is 213 Å². The molecule has 3 N–H and O–H groups in total. The van der Waals surface area contributed by atoms with Crippen LogP contribution in [0.1, 0.15) is 79.1 Å². The fraction of sp³-hybridized carbons (Fsp3) is 0.655. The Morgan fingerprint density at radius 3 is 1.58 bits per heavy atom. The molecule has 0 saturated carbocycles. The van der Waals surface area contributed by atoms with Gasteiger partial charge in [0, 0.05) is 178 Å². The minimum atomic E-state index is -4.63. The van der Waals surface area contributed by atoms with Crippen molar-refractivity contribution in [3.05, 3.63) is 70.0 Å². The number of hydrogen-bond donors (Lipinski definition) is 3. The Morgan fingerprint density at radius 1 is 0.648 bits per heavy atom. The molecule has 6 aliphatic rings. The molecule has 4 unspecified atom stereocenters. The first-order valence-corrected chi connectivity index (χ1v) is 35.9. The molecule has 4 saturated heterocycles. The summed E-state index contributed by atoms with van der Waals surface area (Å²) in [5, 5.41) is 37.0. The van der Waals surface area contributed by atoms with Crippen molar-refractivity contribution < 1.29 is 63.0 Å². The van der Waals surface area contributed by atoms with Gasteiger partial charge >= 0.3 is 12.4 Å². The van der Waals surface area contributed by atoms with Gasteiger partial charge in [-0.15, -0.1) is 23.5 Å². The lowest BCUT2D eigenvalue weighted by molar-refractivity contribution is -0.140. The van der Waals surface area contributed by atoms with Crippen LogP contribution in [0.3, 0.4) is 0 Å². The number of β-amino-alcohol motifs (C(OH)–C–C–N with tert-alkyl or cyclic N) is 1. The SMILES string of the molecule is CC(=O)N1CCN(C(CC(=O)NC2CCN(CC(O)Cn3nc(-c4ccc(C(F)(F)F)c(SCCN5CCCC5)c4)c4c3CCN(S(C)(=O)=O)C4)C2)C(O)Cn2nc(-c3ccc(C(F)(F)F)c(SCCN4CCCC4)c3)c3c2CCN(S(C)(=O)=O)C3)CC1. The molecule has 10 rings (SSSR count). The molecule has 4 aromatic rings. The van der Waals surface area contributed by atoms with Crippen LogP contribution >= 0.6 is 23.5 Å². The average Bonchev–Trinajstić information content (AvgIpc) is 2.95. The van der Waals surface area contributed by atoms with E-state index in [-0.39, 0.29) is 92.7 Å². The van der Waals surface area contributed by atoms with Crippen molar-refractivity contribution in [1.29, 1.82) is 0 Å². The molecule has 2 aromatic carbocycles. The summed E-state index contributed by atoms with van der Waals surface area (Å²) in [4.78, 5) is 36.9. The van der Waals surface area contributed by atoms with Crippen LogP contribution in [0.15, 0.2) is 46.2 Å². The van der Waals surface area contributed by atoms with Crippen molar-refractivity contribution in [2.45, 2.75) is 131 Å². The Hall–Kier alpha value is -4.34. The van der Waals surface area contributed by atoms with E-state index in [0.29, 0.717) is 115 Å². The number of nitrogens with one attached hydrogen (secondary N) is 1. The maximum Gasteiger partial charge on any atom is 0.417 e. The van der Waals surface area contributed by atoms with E-state index in [0.717, 1.165) is 100 Å². The lowest BCUT2D eigenvalue weighted by Gasteiger charge is -2.40. The second kappa shape index (κ2) is 27.9. The summed E-state index contributed by atoms with van der Waals surface area (Å²) in [6, 6.07) is 6.61. The van der Waals surface area contributed by atoms with Crippen LogP contribution in [0.2, 0.25) is 0 Å². The van der Waals surface area contributed by atoms with Crippen molar-refractivity contribution >= 4 is 55.4 Å². The average molecular weight is 1320 g/mol. The number of sulfonamides is 2. The normalized spacial score (nSPS) is 21.0. The van der Waals surface area contributed by atoms with Crippen LogP contribution in [0.4, 0.5) is 26.3 Å². The number of aliphatic hydroxyl groups is 2. The summed E-state index contributed by atoms with van der Waals surface area (Å²) in [7, 11) is -7.35. The third-order valence-corrected chi connectivity index (χ3v) is 22.5. The van der Waals surface area contributed by atoms with Gasteiger partial charge in [-0.25, -0.2) is 16.8 Å². The molecular formula is C58H80F6N12O8S4. The van der Waals surface area contributed by atoms with E-state index < -0.39 is 61.8 Å². The van der Waals surface area contributed by atoms with Crippen molar-refractivity contribution in [2.75, 3.05) is 122 Å². The van der Waals surface area contributed by atoms with Gasteiger partial charge in [0.25, 0.3) is 0 Å². The number of hydrogen-bond acceptors (Lipinski definition) is 16. The number of thioether (sulfide) groups is 2. The number of likely N-dealkylation sites (tertiary alicyclic amines) is 3. The molecule has 0 aliphatic carbocycles. The fourth-order valence-electron chi connectivity index (χ4n) is 13.2. The number of benzene rings is 2. The zero-order valence-electron chi connectivity index (χ0n) is 49.9. The first kappa shape index (κ1) is 66.6. The first-order valence-electron chi connectivity index (χ1n) is 30.2. The molecule has 2 aromatic heterocycles. The second-order valence-corrected chi connectivity index (χ2v) is 30.4. The highest BCUT2D eigenvalue weighted by atomic mass is 32.2. The lowest BCUT2D eigenvalue weighted by atomic mass is 10.0. The summed E-state index contributed by atoms with van der Waals surface area (Å²) >= 11 is 2.24. The van der Waals surface area contributed by atoms with Crippen LogP contribution in [0.25, 0.3) is 22.5 Å². The predicted molar refractivity (Wildman–Crippen MR) is 323 cm³/mol. The largest absolute Gasteiger partial charge is 0.417 e. The molecule has 30 heteroatoms. The number of halogens is 6. The minimum Gasteiger partial charge on any atom is -0.390 e. The Bertz CT molecular complexity index is 3370. The highest BCUT2D eigenvalue weighted by Crippen LogP contribution is 2.43. The first-order chi connectivity index (χ1) is 41.7. The lowest BCUT2D eigenvalue weighted by Crippen LogP contribution is -2.56. The van der Waals surface area contributed by atoms with Gasteiger partial charge < -0.3 is 30.2 Å². The van der Waals surface area contributed by atoms with E-state index in [9.17, 15) is 63.0 Å². The van der Waals surface area contributed by atoms with Crippen LogP contribution in [0.5, 0.6) is 0 Å². The van der Waals surface area contributed by atoms with Gasteiger partial charge in [0.2, 0.25) is 31.9 Å². The van der Waals surface area contributed by atoms with Crippen molar-refractivity contribution in [2.24, 2.45) is 0 Å². The molecule has 88 heavy (non-hydrogen) atoms. The molecule has 20 nitrogen and oxygen atoms in total. The summed E-state index contributed by atoms with van der Waals surface area (Å²) < 4.78 is 144. The summed E-state index contributed by atoms with van der Waals surface area (Å²) in [5.41, 5.74) is 2.25. The van der Waals surface area contributed by atoms with Gasteiger partial charge in [0.05, 0.1) is 60.3 Å². The molecule has 6 aliphatic heterocycles. The van der Waals surface area contributed by atoms with Crippen molar-refractivity contribution in [3.63, 3.8) is 0 Å². The zero-order valence-corrected chi connectivity index (χ0v) is 53.2. The summed E-state index contributed by atoms with van der Waals surface area (Å²) in [6.07, 6.45) is -4.23. The monoisotopic (exact) mass is 1310 g/mol. The molecule has 4 atom stereocenters. The van der Waals surface area contributed by atoms with Gasteiger partial charge in [-0.05, 0) is 82.5 Å². The van der Waals surface area contributed by atoms with Crippen LogP contribution in [-0.2, 0) is 81.0 Å². The van der Waals surface area contributed by atoms with Gasteiger partial charge in [-0.1, -0.05) is 12.1 Å². The number of carbonyl (C=O) groups excluding carboxylic acids is 2. The Balaban J connectivity index is 0.830. The van der Waals surface area contributed by atoms with Crippen LogP contribution < -0.4 is 5.32 Å². The number of carbonyl (C=O) groups is 2. The summed E-state index contributed by atoms with van der Waals surface area (Å²) in [5.74, 6) is 0.414. The second-order valence-electron chi connectivity index (χ2n) is 24.2. The van der Waals surface area contributed by atoms with Crippen molar-refractivity contribution in [3.8, 4) is 22.5 Å². The number of aliphatic hydroxyl groups excluding tert-OH is 2. The van der Waals surface area contributed by atoms with Gasteiger partial charge in [0.15, 0.2) is 0 Å². The fourth-order valence-corrected chi connectivity index (χ4v) is 17.0. The predicted octanol–water partition coefficient (Wildman–Crippen LogP) is 5.00. The molecule has 2 amide bonds. The number of aromatic nitrogens is 4. The maximum atomic E-state index is 14.5. The zero-order chi connectivity index (χ0) is 62.9. The molecule has 486 valence electrons. The standard InChI is InChI=1S/C58H80F6N12O8S4/c1-39(77)71-22-24-72(25-23-71)50(51(79)38-76-49-14-21-74(88(3,83)84)37-45(49)56(67-76)41-9-11-47(58(62,63)64)53(31-41)86-29-27-69-17-6-7-18-69)32-54(80)65-42-12-19-70(33-42)34-43(78)35-75-48-13-20-73(87(2,81)82)36-44(48)55(66-75)40-8-10-46(57(59,60)61)52(30-40)85-28-26-68-15-4-5-16-68/h8-11,30-31,42-43,50-51,78-79H,4-7,12-29,32-38H2,1-3H3,(H,65,80). The highest BCUT2D eigenvalue weighted by molar-refractivity contribution is 7.99. The smallest absolute Gasteiger partial charge is 0.390 e. The van der Waals surface area contributed by atoms with Crippen molar-refractivity contribution in [1.82, 2.24) is 58.0 Å². The maximum absolute atomic E-state index is 14.5. The number of piperazine rings is 1. The van der Waals surface area contributed by atoms with E-state index in [1.165, 1.54) is 39.8 Å². The molecular weight excluding hydrogens is 1230 g/mol. The molecule has 8 heterocycles. The molecule has 0 spiro atoms. The molecule has 0 radical (unpaired) electrons. The minimum absolute atomic E-state index is 0.00356. The third kappa shape index (κ3) is 16.3. The number of alkyl halides is 6. The van der Waals surface area contributed by atoms with E-state index in [2.05, 4.69) is 15.1 Å². The van der Waals surface area contributed by atoms with Gasteiger partial charge in [0.1, 0.15) is 0 Å². The highest BCUT2D eigenvalue weighted by Gasteiger charge is 2.40. The van der Waals surface area contributed by atoms with E-state index >= 15 is 0 Å². The number of fused-ring (bicyclic) bond motifs is 2. The molecule has 4 fully saturated rings. The Labute approximate surface area is 519 Å². The Morgan fingerprint density at radius 2 is 1.12 bits per heavy atom. The number of amides is 2. The third-order valence-electron chi connectivity index (χ3n) is 17.9. The number of nitrogens with zero attached hydrogens (tertiary/aromatic N) is 11. The Kier molecular flexibility index (Phi) is 21.1. The van der Waals surface area contributed by atoms with Crippen LogP contribution in [0, 0.1) is 0 Å².